The number of benzene rings is 2. The van der Waals surface area contributed by atoms with E-state index in [9.17, 15) is 9.90 Å². The number of amidine groups is 1. The summed E-state index contributed by atoms with van der Waals surface area (Å²) < 4.78 is 5.17. The molecular formula is C24H22N2O3. The van der Waals surface area contributed by atoms with Gasteiger partial charge in [-0.15, -0.1) is 0 Å². The lowest BCUT2D eigenvalue weighted by atomic mass is 9.92. The molecule has 0 saturated carbocycles. The number of nitrogens with zero attached hydrogens (tertiary/aromatic N) is 2. The van der Waals surface area contributed by atoms with Crippen molar-refractivity contribution in [3.05, 3.63) is 84.0 Å². The van der Waals surface area contributed by atoms with Crippen LogP contribution in [0.3, 0.4) is 0 Å². The second-order valence-electron chi connectivity index (χ2n) is 7.01. The summed E-state index contributed by atoms with van der Waals surface area (Å²) in [6.45, 7) is 2.01. The van der Waals surface area contributed by atoms with Gasteiger partial charge in [-0.2, -0.15) is 0 Å². The zero-order valence-electron chi connectivity index (χ0n) is 16.3. The molecule has 1 aliphatic heterocycles. The van der Waals surface area contributed by atoms with Crippen LogP contribution in [0.25, 0.3) is 6.08 Å². The van der Waals surface area contributed by atoms with Gasteiger partial charge >= 0.3 is 0 Å². The molecule has 5 heteroatoms. The Morgan fingerprint density at radius 2 is 1.83 bits per heavy atom. The van der Waals surface area contributed by atoms with Crippen LogP contribution in [0.4, 0.5) is 5.69 Å². The van der Waals surface area contributed by atoms with Crippen LogP contribution >= 0.6 is 0 Å². The number of aromatic hydroxyl groups is 1. The highest BCUT2D eigenvalue weighted by molar-refractivity contribution is 6.24. The van der Waals surface area contributed by atoms with Crippen LogP contribution in [0.1, 0.15) is 11.1 Å². The maximum absolute atomic E-state index is 13.3. The minimum Gasteiger partial charge on any atom is -0.504 e. The first-order valence-corrected chi connectivity index (χ1v) is 9.46. The van der Waals surface area contributed by atoms with Gasteiger partial charge in [0, 0.05) is 5.56 Å². The van der Waals surface area contributed by atoms with Crippen LogP contribution in [0, 0.1) is 12.8 Å². The molecule has 0 bridgehead atoms. The van der Waals surface area contributed by atoms with Gasteiger partial charge in [0.05, 0.1) is 24.8 Å². The van der Waals surface area contributed by atoms with Gasteiger partial charge in [0.15, 0.2) is 11.5 Å². The molecule has 0 fully saturated rings. The molecule has 29 heavy (non-hydrogen) atoms. The Kier molecular flexibility index (Phi) is 5.04. The van der Waals surface area contributed by atoms with E-state index in [1.807, 2.05) is 55.5 Å². The first-order chi connectivity index (χ1) is 14.1. The molecular weight excluding hydrogens is 364 g/mol. The molecule has 2 aromatic rings. The number of amides is 1. The third-order valence-corrected chi connectivity index (χ3v) is 5.08. The standard InChI is InChI=1S/C24H22N2O3/c1-16-10-13-18(14-11-16)26-22(25-20-8-4-3-7-19(20)24(26)28)15-12-17-6-5-9-21(29-2)23(17)27/h3-15,19-20,27H,1-2H3/b15-12+. The number of hydrogen-bond acceptors (Lipinski definition) is 4. The molecule has 2 unspecified atom stereocenters. The number of fused-ring (bicyclic) bond motifs is 1. The second kappa shape index (κ2) is 7.80. The number of carbonyl (C=O) groups is 1. The zero-order chi connectivity index (χ0) is 20.4. The van der Waals surface area contributed by atoms with E-state index in [0.29, 0.717) is 17.1 Å². The molecule has 1 aliphatic carbocycles. The fraction of sp³-hybridized carbons (Fsp3) is 0.167. The van der Waals surface area contributed by atoms with Crippen molar-refractivity contribution in [1.29, 1.82) is 0 Å². The number of aliphatic imine (C=N–C) groups is 1. The van der Waals surface area contributed by atoms with Crippen molar-refractivity contribution in [2.75, 3.05) is 12.0 Å². The predicted octanol–water partition coefficient (Wildman–Crippen LogP) is 4.28. The molecule has 5 nitrogen and oxygen atoms in total. The van der Waals surface area contributed by atoms with Crippen LogP contribution in [0.15, 0.2) is 77.8 Å². The third kappa shape index (κ3) is 3.59. The van der Waals surface area contributed by atoms with Crippen molar-refractivity contribution in [3.63, 3.8) is 0 Å². The zero-order valence-corrected chi connectivity index (χ0v) is 16.3. The van der Waals surface area contributed by atoms with Crippen LogP contribution in [0.5, 0.6) is 11.5 Å². The molecule has 1 amide bonds. The van der Waals surface area contributed by atoms with Gasteiger partial charge in [-0.1, -0.05) is 54.1 Å². The highest BCUT2D eigenvalue weighted by Gasteiger charge is 2.36. The van der Waals surface area contributed by atoms with E-state index in [1.54, 1.807) is 35.3 Å². The van der Waals surface area contributed by atoms with Gasteiger partial charge < -0.3 is 9.84 Å². The van der Waals surface area contributed by atoms with E-state index in [-0.39, 0.29) is 23.6 Å². The lowest BCUT2D eigenvalue weighted by molar-refractivity contribution is -0.120. The van der Waals surface area contributed by atoms with Crippen molar-refractivity contribution >= 4 is 23.5 Å². The molecule has 146 valence electrons. The highest BCUT2D eigenvalue weighted by atomic mass is 16.5. The molecule has 0 aromatic heterocycles. The Balaban J connectivity index is 1.76. The van der Waals surface area contributed by atoms with E-state index < -0.39 is 0 Å². The highest BCUT2D eigenvalue weighted by Crippen LogP contribution is 2.32. The maximum atomic E-state index is 13.3. The molecule has 4 rings (SSSR count). The van der Waals surface area contributed by atoms with Gasteiger partial charge in [-0.05, 0) is 37.3 Å². The van der Waals surface area contributed by atoms with Crippen molar-refractivity contribution < 1.29 is 14.6 Å². The summed E-state index contributed by atoms with van der Waals surface area (Å²) in [7, 11) is 1.51. The monoisotopic (exact) mass is 386 g/mol. The molecule has 1 N–H and O–H groups in total. The van der Waals surface area contributed by atoms with Gasteiger partial charge in [-0.25, -0.2) is 0 Å². The number of phenols is 1. The average Bonchev–Trinajstić information content (AvgIpc) is 2.74. The number of rotatable bonds is 4. The summed E-state index contributed by atoms with van der Waals surface area (Å²) in [6.07, 6.45) is 11.1. The summed E-state index contributed by atoms with van der Waals surface area (Å²) in [5.74, 6) is 0.633. The summed E-state index contributed by atoms with van der Waals surface area (Å²) in [4.78, 5) is 19.7. The Morgan fingerprint density at radius 1 is 1.07 bits per heavy atom. The van der Waals surface area contributed by atoms with E-state index >= 15 is 0 Å². The molecule has 0 radical (unpaired) electrons. The fourth-order valence-electron chi connectivity index (χ4n) is 3.49. The molecule has 0 spiro atoms. The first-order valence-electron chi connectivity index (χ1n) is 9.46. The predicted molar refractivity (Wildman–Crippen MR) is 115 cm³/mol. The second-order valence-corrected chi connectivity index (χ2v) is 7.01. The van der Waals surface area contributed by atoms with E-state index in [2.05, 4.69) is 0 Å². The van der Waals surface area contributed by atoms with Crippen molar-refractivity contribution in [3.8, 4) is 11.5 Å². The van der Waals surface area contributed by atoms with Gasteiger partial charge in [0.25, 0.3) is 0 Å². The number of anilines is 1. The Labute approximate surface area is 170 Å². The normalized spacial score (nSPS) is 20.7. The molecule has 0 saturated heterocycles. The SMILES string of the molecule is COc1cccc(/C=C/C2=NC3C=CC=CC3C(=O)N2c2ccc(C)cc2)c1O. The van der Waals surface area contributed by atoms with Crippen molar-refractivity contribution in [2.45, 2.75) is 13.0 Å². The summed E-state index contributed by atoms with van der Waals surface area (Å²) >= 11 is 0. The smallest absolute Gasteiger partial charge is 0.242 e. The number of phenolic OH excluding ortho intramolecular Hbond substituents is 1. The molecule has 1 heterocycles. The Hall–Kier alpha value is -3.60. The van der Waals surface area contributed by atoms with Crippen LogP contribution < -0.4 is 9.64 Å². The Bertz CT molecular complexity index is 1050. The maximum Gasteiger partial charge on any atom is 0.242 e. The largest absolute Gasteiger partial charge is 0.504 e. The summed E-state index contributed by atoms with van der Waals surface area (Å²) in [6, 6.07) is 12.8. The molecule has 2 aromatic carbocycles. The topological polar surface area (TPSA) is 62.1 Å². The van der Waals surface area contributed by atoms with Gasteiger partial charge in [0.1, 0.15) is 5.84 Å². The van der Waals surface area contributed by atoms with Gasteiger partial charge in [-0.3, -0.25) is 14.7 Å². The minimum atomic E-state index is -0.316. The lowest BCUT2D eigenvalue weighted by Crippen LogP contribution is -2.48. The Morgan fingerprint density at radius 3 is 2.59 bits per heavy atom. The first kappa shape index (κ1) is 18.7. The van der Waals surface area contributed by atoms with Crippen LogP contribution in [-0.2, 0) is 4.79 Å². The van der Waals surface area contributed by atoms with Crippen molar-refractivity contribution in [1.82, 2.24) is 0 Å². The summed E-state index contributed by atoms with van der Waals surface area (Å²) in [5.41, 5.74) is 2.47. The minimum absolute atomic E-state index is 0.0241. The molecule has 2 atom stereocenters. The van der Waals surface area contributed by atoms with Crippen LogP contribution in [0.2, 0.25) is 0 Å². The lowest BCUT2D eigenvalue weighted by Gasteiger charge is -2.34. The number of carbonyl (C=O) groups excluding carboxylic acids is 1. The third-order valence-electron chi connectivity index (χ3n) is 5.08. The summed E-state index contributed by atoms with van der Waals surface area (Å²) in [5, 5.41) is 10.4. The van der Waals surface area contributed by atoms with E-state index in [1.165, 1.54) is 7.11 Å². The number of para-hydroxylation sites is 1. The van der Waals surface area contributed by atoms with Crippen molar-refractivity contribution in [2.24, 2.45) is 10.9 Å². The van der Waals surface area contributed by atoms with Crippen LogP contribution in [-0.4, -0.2) is 30.0 Å². The quantitative estimate of drug-likeness (QED) is 0.853. The number of aryl methyl sites for hydroxylation is 1. The number of ether oxygens (including phenoxy) is 1. The fourth-order valence-corrected chi connectivity index (χ4v) is 3.49. The van der Waals surface area contributed by atoms with E-state index in [0.717, 1.165) is 11.3 Å². The number of hydrogen-bond donors (Lipinski definition) is 1. The number of allylic oxidation sites excluding steroid dienone is 2. The number of methoxy groups -OCH3 is 1. The van der Waals surface area contributed by atoms with Gasteiger partial charge in [0.2, 0.25) is 5.91 Å². The molecule has 2 aliphatic rings. The van der Waals surface area contributed by atoms with E-state index in [4.69, 9.17) is 9.73 Å². The average molecular weight is 386 g/mol.